The second-order valence-corrected chi connectivity index (χ2v) is 4.02. The van der Waals surface area contributed by atoms with Crippen LogP contribution in [0.15, 0.2) is 29.2 Å². The average Bonchev–Trinajstić information content (AvgIpc) is 2.02. The Labute approximate surface area is 100.0 Å². The quantitative estimate of drug-likeness (QED) is 0.343. The molecule has 0 fully saturated rings. The van der Waals surface area contributed by atoms with Crippen molar-refractivity contribution in [2.45, 2.75) is 18.1 Å². The van der Waals surface area contributed by atoms with Crippen LogP contribution < -0.4 is 23.6 Å². The molecule has 0 amide bonds. The van der Waals surface area contributed by atoms with Crippen molar-refractivity contribution in [1.29, 1.82) is 0 Å². The van der Waals surface area contributed by atoms with Gasteiger partial charge in [0.25, 0.3) is 0 Å². The molecule has 78 valence electrons. The summed E-state index contributed by atoms with van der Waals surface area (Å²) in [6, 6.07) is 4.86. The molecule has 0 aliphatic rings. The van der Waals surface area contributed by atoms with Gasteiger partial charge < -0.3 is 14.4 Å². The second kappa shape index (κ2) is 5.54. The summed E-state index contributed by atoms with van der Waals surface area (Å²) in [5.74, 6) is 0.299. The van der Waals surface area contributed by atoms with Crippen LogP contribution in [0.2, 0.25) is 0 Å². The average molecular weight is 224 g/mol. The van der Waals surface area contributed by atoms with Gasteiger partial charge in [-0.1, -0.05) is 0 Å². The van der Waals surface area contributed by atoms with Crippen LogP contribution in [0.5, 0.6) is 5.75 Å². The first-order chi connectivity index (χ1) is 6.39. The van der Waals surface area contributed by atoms with Crippen LogP contribution in [-0.2, 0) is 10.1 Å². The van der Waals surface area contributed by atoms with Gasteiger partial charge in [0.15, 0.2) is 6.29 Å². The molecule has 0 bridgehead atoms. The van der Waals surface area contributed by atoms with Crippen LogP contribution in [-0.4, -0.2) is 24.4 Å². The Morgan fingerprint density at radius 3 is 2.13 bits per heavy atom. The zero-order chi connectivity index (χ0) is 10.8. The summed E-state index contributed by atoms with van der Waals surface area (Å²) in [4.78, 5) is -0.324. The van der Waals surface area contributed by atoms with Gasteiger partial charge in [0.1, 0.15) is 15.9 Å². The Kier molecular flexibility index (Phi) is 5.35. The minimum Gasteiger partial charge on any atom is -0.744 e. The Balaban J connectivity index is 0.00000196. The fourth-order valence-corrected chi connectivity index (χ4v) is 1.35. The molecule has 0 aromatic heterocycles. The summed E-state index contributed by atoms with van der Waals surface area (Å²) in [5.41, 5.74) is 0. The summed E-state index contributed by atoms with van der Waals surface area (Å²) < 4.78 is 36.4. The molecule has 0 saturated carbocycles. The van der Waals surface area contributed by atoms with E-state index in [9.17, 15) is 13.0 Å². The largest absolute Gasteiger partial charge is 1.00 e. The van der Waals surface area contributed by atoms with Gasteiger partial charge in [0.2, 0.25) is 0 Å². The third-order valence-corrected chi connectivity index (χ3v) is 2.27. The predicted molar refractivity (Wildman–Crippen MR) is 46.7 cm³/mol. The molecule has 0 heterocycles. The molecule has 1 aromatic carbocycles. The first-order valence-corrected chi connectivity index (χ1v) is 5.21. The number of hydrogen-bond acceptors (Lipinski definition) is 5. The number of hydrogen-bond donors (Lipinski definition) is 1. The van der Waals surface area contributed by atoms with Gasteiger partial charge in [0.05, 0.1) is 4.90 Å². The van der Waals surface area contributed by atoms with Gasteiger partial charge in [-0.15, -0.1) is 0 Å². The molecule has 1 unspecified atom stereocenters. The van der Waals surface area contributed by atoms with Crippen LogP contribution in [0.1, 0.15) is 6.92 Å². The van der Waals surface area contributed by atoms with Crippen LogP contribution in [0.4, 0.5) is 0 Å². The van der Waals surface area contributed by atoms with E-state index in [0.29, 0.717) is 5.75 Å². The molecule has 1 aromatic rings. The van der Waals surface area contributed by atoms with E-state index < -0.39 is 16.4 Å². The van der Waals surface area contributed by atoms with Gasteiger partial charge in [-0.2, -0.15) is 0 Å². The number of benzene rings is 1. The van der Waals surface area contributed by atoms with E-state index >= 15 is 0 Å². The Morgan fingerprint density at radius 1 is 1.33 bits per heavy atom. The van der Waals surface area contributed by atoms with E-state index in [4.69, 9.17) is 9.84 Å². The zero-order valence-electron chi connectivity index (χ0n) is 8.38. The maximum absolute atomic E-state index is 10.5. The zero-order valence-corrected chi connectivity index (χ0v) is 9.19. The second-order valence-electron chi connectivity index (χ2n) is 2.64. The molecule has 0 spiro atoms. The third kappa shape index (κ3) is 4.69. The van der Waals surface area contributed by atoms with Gasteiger partial charge in [-0.05, 0) is 31.2 Å². The molecular formula is C8H9LiO5S. The van der Waals surface area contributed by atoms with Gasteiger partial charge in [-0.25, -0.2) is 8.42 Å². The van der Waals surface area contributed by atoms with E-state index in [2.05, 4.69) is 0 Å². The summed E-state index contributed by atoms with van der Waals surface area (Å²) in [6.07, 6.45) is -0.982. The third-order valence-electron chi connectivity index (χ3n) is 1.42. The smallest absolute Gasteiger partial charge is 0.744 e. The SMILES string of the molecule is CC(O)Oc1ccc(S(=O)(=O)[O-])cc1.[Li+]. The molecular weight excluding hydrogens is 215 g/mol. The van der Waals surface area contributed by atoms with Crippen LogP contribution >= 0.6 is 0 Å². The van der Waals surface area contributed by atoms with Crippen molar-refractivity contribution in [1.82, 2.24) is 0 Å². The van der Waals surface area contributed by atoms with Crippen molar-refractivity contribution >= 4 is 10.1 Å². The topological polar surface area (TPSA) is 86.7 Å². The standard InChI is InChI=1S/C8H10O5S.Li/c1-6(9)13-7-2-4-8(5-3-7)14(10,11)12;/h2-6,9H,1H3,(H,10,11,12);/q;+1/p-1. The molecule has 0 aliphatic heterocycles. The monoisotopic (exact) mass is 224 g/mol. The molecule has 0 saturated heterocycles. The number of rotatable bonds is 3. The van der Waals surface area contributed by atoms with Gasteiger partial charge >= 0.3 is 18.9 Å². The fourth-order valence-electron chi connectivity index (χ4n) is 0.882. The molecule has 0 radical (unpaired) electrons. The maximum atomic E-state index is 10.5. The number of aliphatic hydroxyl groups is 1. The Bertz CT molecular complexity index is 398. The normalized spacial score (nSPS) is 12.7. The maximum Gasteiger partial charge on any atom is 1.00 e. The van der Waals surface area contributed by atoms with E-state index in [-0.39, 0.29) is 23.8 Å². The Hall–Kier alpha value is -0.513. The molecule has 5 nitrogen and oxygen atoms in total. The van der Waals surface area contributed by atoms with Crippen molar-refractivity contribution in [3.8, 4) is 5.75 Å². The molecule has 1 rings (SSSR count). The summed E-state index contributed by atoms with van der Waals surface area (Å²) in [6.45, 7) is 1.41. The fraction of sp³-hybridized carbons (Fsp3) is 0.250. The van der Waals surface area contributed by atoms with Crippen LogP contribution in [0.25, 0.3) is 0 Å². The van der Waals surface area contributed by atoms with Crippen LogP contribution in [0, 0.1) is 0 Å². The minimum absolute atomic E-state index is 0. The minimum atomic E-state index is -4.42. The van der Waals surface area contributed by atoms with Gasteiger partial charge in [-0.3, -0.25) is 0 Å². The molecule has 0 aliphatic carbocycles. The molecule has 7 heteroatoms. The van der Waals surface area contributed by atoms with Crippen molar-refractivity contribution in [3.63, 3.8) is 0 Å². The predicted octanol–water partition coefficient (Wildman–Crippen LogP) is -2.69. The number of ether oxygens (including phenoxy) is 1. The van der Waals surface area contributed by atoms with E-state index in [1.54, 1.807) is 0 Å². The summed E-state index contributed by atoms with van der Waals surface area (Å²) >= 11 is 0. The first kappa shape index (κ1) is 14.5. The van der Waals surface area contributed by atoms with Crippen molar-refractivity contribution in [3.05, 3.63) is 24.3 Å². The first-order valence-electron chi connectivity index (χ1n) is 3.80. The van der Waals surface area contributed by atoms with E-state index in [1.165, 1.54) is 19.1 Å². The summed E-state index contributed by atoms with van der Waals surface area (Å²) in [7, 11) is -4.42. The van der Waals surface area contributed by atoms with E-state index in [1.807, 2.05) is 0 Å². The van der Waals surface area contributed by atoms with E-state index in [0.717, 1.165) is 12.1 Å². The van der Waals surface area contributed by atoms with Gasteiger partial charge in [0, 0.05) is 0 Å². The Morgan fingerprint density at radius 2 is 1.80 bits per heavy atom. The summed E-state index contributed by atoms with van der Waals surface area (Å²) in [5, 5.41) is 8.83. The molecule has 15 heavy (non-hydrogen) atoms. The molecule has 1 N–H and O–H groups in total. The number of aliphatic hydroxyl groups excluding tert-OH is 1. The van der Waals surface area contributed by atoms with Crippen LogP contribution in [0.3, 0.4) is 0 Å². The van der Waals surface area contributed by atoms with Crippen molar-refractivity contribution in [2.24, 2.45) is 0 Å². The van der Waals surface area contributed by atoms with Crippen molar-refractivity contribution < 1.29 is 41.7 Å². The molecule has 1 atom stereocenters. The van der Waals surface area contributed by atoms with Crippen molar-refractivity contribution in [2.75, 3.05) is 0 Å².